The van der Waals surface area contributed by atoms with Crippen molar-refractivity contribution >= 4 is 57.5 Å². The summed E-state index contributed by atoms with van der Waals surface area (Å²) in [5.41, 5.74) is 9.80. The molecule has 0 N–H and O–H groups in total. The predicted molar refractivity (Wildman–Crippen MR) is 211 cm³/mol. The highest BCUT2D eigenvalue weighted by Gasteiger charge is 2.44. The minimum Gasteiger partial charge on any atom is -0.289 e. The van der Waals surface area contributed by atoms with Gasteiger partial charge in [0.1, 0.15) is 35.4 Å². The van der Waals surface area contributed by atoms with Gasteiger partial charge in [-0.15, -0.1) is 22.7 Å². The molecule has 9 rings (SSSR count). The van der Waals surface area contributed by atoms with Crippen molar-refractivity contribution in [3.63, 3.8) is 0 Å². The van der Waals surface area contributed by atoms with Crippen LogP contribution < -0.4 is 0 Å². The van der Waals surface area contributed by atoms with Crippen molar-refractivity contribution < 1.29 is 9.59 Å². The number of ketones is 2. The molecule has 254 valence electrons. The van der Waals surface area contributed by atoms with Crippen molar-refractivity contribution in [1.29, 1.82) is 21.0 Å². The molecule has 8 heteroatoms. The minimum atomic E-state index is -0.340. The van der Waals surface area contributed by atoms with E-state index in [-0.39, 0.29) is 33.5 Å². The quantitative estimate of drug-likeness (QED) is 0.131. The first-order chi connectivity index (χ1) is 25.9. The van der Waals surface area contributed by atoms with E-state index in [1.54, 1.807) is 59.1 Å². The third-order valence-electron chi connectivity index (χ3n) is 11.2. The van der Waals surface area contributed by atoms with Gasteiger partial charge in [0.25, 0.3) is 0 Å². The lowest BCUT2D eigenvalue weighted by Gasteiger charge is -2.24. The maximum Gasteiger partial charge on any atom is 0.194 e. The zero-order valence-electron chi connectivity index (χ0n) is 29.5. The summed E-state index contributed by atoms with van der Waals surface area (Å²) in [6.45, 7) is 8.86. The molecule has 4 aliphatic rings. The van der Waals surface area contributed by atoms with E-state index >= 15 is 0 Å². The number of allylic oxidation sites excluding steroid dienone is 6. The van der Waals surface area contributed by atoms with Crippen LogP contribution in [0, 0.1) is 45.3 Å². The molecule has 0 saturated heterocycles. The van der Waals surface area contributed by atoms with Crippen LogP contribution in [-0.2, 0) is 10.8 Å². The number of Topliss-reactive ketones (excluding diaryl/α,β-unsaturated/α-hetero) is 2. The van der Waals surface area contributed by atoms with E-state index in [1.807, 2.05) is 48.6 Å². The van der Waals surface area contributed by atoms with E-state index in [0.717, 1.165) is 32.0 Å². The molecular formula is C46H26N4O2S2. The van der Waals surface area contributed by atoms with Crippen LogP contribution in [0.2, 0.25) is 0 Å². The lowest BCUT2D eigenvalue weighted by Crippen LogP contribution is -2.16. The van der Waals surface area contributed by atoms with Crippen LogP contribution >= 0.6 is 22.7 Å². The second-order valence-corrected chi connectivity index (χ2v) is 17.0. The maximum absolute atomic E-state index is 13.6. The maximum atomic E-state index is 13.6. The molecule has 5 aromatic rings. The van der Waals surface area contributed by atoms with E-state index < -0.39 is 0 Å². The van der Waals surface area contributed by atoms with Crippen molar-refractivity contribution in [3.05, 3.63) is 148 Å². The Morgan fingerprint density at radius 1 is 0.519 bits per heavy atom. The fraction of sp³-hybridized carbons (Fsp3) is 0.130. The van der Waals surface area contributed by atoms with Gasteiger partial charge in [-0.2, -0.15) is 21.0 Å². The Labute approximate surface area is 319 Å². The molecule has 0 atom stereocenters. The van der Waals surface area contributed by atoms with Crippen molar-refractivity contribution in [2.45, 2.75) is 38.5 Å². The molecule has 0 fully saturated rings. The molecular weight excluding hydrogens is 705 g/mol. The van der Waals surface area contributed by atoms with Crippen molar-refractivity contribution in [1.82, 2.24) is 0 Å². The summed E-state index contributed by atoms with van der Waals surface area (Å²) in [4.78, 5) is 31.4. The number of carbonyl (C=O) groups excluding carboxylic acids is 2. The van der Waals surface area contributed by atoms with Gasteiger partial charge in [0, 0.05) is 63.8 Å². The lowest BCUT2D eigenvalue weighted by atomic mass is 9.81. The molecule has 0 amide bonds. The zero-order chi connectivity index (χ0) is 37.8. The van der Waals surface area contributed by atoms with Crippen molar-refractivity contribution in [3.8, 4) is 46.5 Å². The van der Waals surface area contributed by atoms with Crippen LogP contribution in [0.1, 0.15) is 90.2 Å². The van der Waals surface area contributed by atoms with Gasteiger partial charge in [-0.05, 0) is 80.9 Å². The van der Waals surface area contributed by atoms with Crippen LogP contribution in [0.3, 0.4) is 0 Å². The summed E-state index contributed by atoms with van der Waals surface area (Å²) >= 11 is 3.25. The van der Waals surface area contributed by atoms with E-state index in [4.69, 9.17) is 0 Å². The average Bonchev–Trinajstić information content (AvgIpc) is 3.98. The SMILES string of the molecule is CC1(C)c2cc3c(cc2-c2cc(C=C4C(=O)c5ccccc5C4=C(C#N)C#N)sc21)C(C)(C)c1sc(C=C2C(=O)c4ccccc4C2=C(C#N)C#N)cc1-3. The van der Waals surface area contributed by atoms with Gasteiger partial charge in [0.05, 0.1) is 0 Å². The second kappa shape index (κ2) is 11.4. The Bertz CT molecular complexity index is 2730. The number of carbonyl (C=O) groups is 2. The highest BCUT2D eigenvalue weighted by Crippen LogP contribution is 2.59. The predicted octanol–water partition coefficient (Wildman–Crippen LogP) is 10.6. The zero-order valence-corrected chi connectivity index (χ0v) is 31.1. The molecule has 0 aliphatic heterocycles. The van der Waals surface area contributed by atoms with Crippen LogP contribution in [0.4, 0.5) is 0 Å². The number of rotatable bonds is 2. The van der Waals surface area contributed by atoms with Gasteiger partial charge in [-0.3, -0.25) is 9.59 Å². The minimum absolute atomic E-state index is 0.0788. The molecule has 2 heterocycles. The van der Waals surface area contributed by atoms with Gasteiger partial charge in [0.2, 0.25) is 0 Å². The molecule has 0 spiro atoms. The molecule has 0 unspecified atom stereocenters. The van der Waals surface area contributed by atoms with Crippen LogP contribution in [0.25, 0.3) is 45.6 Å². The summed E-state index contributed by atoms with van der Waals surface area (Å²) < 4.78 is 0. The largest absolute Gasteiger partial charge is 0.289 e. The normalized spacial score (nSPS) is 17.6. The number of nitrogens with zero attached hydrogens (tertiary/aromatic N) is 4. The van der Waals surface area contributed by atoms with Crippen LogP contribution in [0.15, 0.2) is 95.1 Å². The first kappa shape index (κ1) is 33.2. The monoisotopic (exact) mass is 730 g/mol. The molecule has 0 bridgehead atoms. The van der Waals surface area contributed by atoms with Crippen molar-refractivity contribution in [2.75, 3.05) is 0 Å². The Balaban J connectivity index is 1.14. The Morgan fingerprint density at radius 2 is 0.870 bits per heavy atom. The summed E-state index contributed by atoms with van der Waals surface area (Å²) in [6.07, 6.45) is 3.67. The summed E-state index contributed by atoms with van der Waals surface area (Å²) in [7, 11) is 0. The lowest BCUT2D eigenvalue weighted by molar-refractivity contribution is 0.103. The Morgan fingerprint density at radius 3 is 1.22 bits per heavy atom. The first-order valence-corrected chi connectivity index (χ1v) is 18.9. The number of hydrogen-bond acceptors (Lipinski definition) is 8. The molecule has 2 aromatic heterocycles. The Kier molecular flexibility index (Phi) is 7.01. The van der Waals surface area contributed by atoms with E-state index in [1.165, 1.54) is 20.9 Å². The number of thiophene rings is 2. The third kappa shape index (κ3) is 4.33. The molecule has 54 heavy (non-hydrogen) atoms. The van der Waals surface area contributed by atoms with Gasteiger partial charge in [-0.1, -0.05) is 76.2 Å². The van der Waals surface area contributed by atoms with Gasteiger partial charge < -0.3 is 0 Å². The van der Waals surface area contributed by atoms with Gasteiger partial charge in [-0.25, -0.2) is 0 Å². The number of hydrogen-bond donors (Lipinski definition) is 0. The van der Waals surface area contributed by atoms with Crippen LogP contribution in [0.5, 0.6) is 0 Å². The highest BCUT2D eigenvalue weighted by molar-refractivity contribution is 7.14. The molecule has 0 radical (unpaired) electrons. The van der Waals surface area contributed by atoms with Gasteiger partial charge >= 0.3 is 0 Å². The second-order valence-electron chi connectivity index (χ2n) is 14.8. The highest BCUT2D eigenvalue weighted by atomic mass is 32.1. The number of nitriles is 4. The fourth-order valence-electron chi connectivity index (χ4n) is 8.59. The third-order valence-corrected chi connectivity index (χ3v) is 14.0. The van der Waals surface area contributed by atoms with E-state index in [2.05, 4.69) is 52.0 Å². The summed E-state index contributed by atoms with van der Waals surface area (Å²) in [6, 6.07) is 31.1. The molecule has 6 nitrogen and oxygen atoms in total. The fourth-order valence-corrected chi connectivity index (χ4v) is 11.1. The molecule has 4 aliphatic carbocycles. The topological polar surface area (TPSA) is 129 Å². The van der Waals surface area contributed by atoms with E-state index in [9.17, 15) is 30.6 Å². The summed E-state index contributed by atoms with van der Waals surface area (Å²) in [5.74, 6) is -0.385. The summed E-state index contributed by atoms with van der Waals surface area (Å²) in [5, 5.41) is 39.2. The van der Waals surface area contributed by atoms with Crippen molar-refractivity contribution in [2.24, 2.45) is 0 Å². The molecule has 0 saturated carbocycles. The standard InChI is InChI=1S/C46H26N4O2S2/c1-45(2)37-17-32-34-14-26(16-36-40(24(21-49)22-50)28-10-6-8-12-30(28)42(36)52)54-44(34)46(3,4)38(32)18-31(37)33-13-25(53-43(33)45)15-35-39(23(19-47)20-48)27-9-5-7-11-29(27)41(35)51/h5-18H,1-4H3. The van der Waals surface area contributed by atoms with Crippen LogP contribution in [-0.4, -0.2) is 11.6 Å². The average molecular weight is 731 g/mol. The van der Waals surface area contributed by atoms with E-state index in [0.29, 0.717) is 44.5 Å². The van der Waals surface area contributed by atoms with Gasteiger partial charge in [0.15, 0.2) is 11.6 Å². The first-order valence-electron chi connectivity index (χ1n) is 17.2. The Hall–Kier alpha value is -6.68. The molecule has 3 aromatic carbocycles. The number of benzene rings is 3. The smallest absolute Gasteiger partial charge is 0.194 e. The number of fused-ring (bicyclic) bond motifs is 8.